The lowest BCUT2D eigenvalue weighted by Gasteiger charge is -2.34. The van der Waals surface area contributed by atoms with Crippen molar-refractivity contribution in [3.05, 3.63) is 58.7 Å². The van der Waals surface area contributed by atoms with Crippen LogP contribution in [0.1, 0.15) is 62.8 Å². The van der Waals surface area contributed by atoms with Crippen molar-refractivity contribution >= 4 is 11.4 Å². The van der Waals surface area contributed by atoms with Crippen LogP contribution in [-0.2, 0) is 19.3 Å². The summed E-state index contributed by atoms with van der Waals surface area (Å²) in [5.74, 6) is 0.572. The summed E-state index contributed by atoms with van der Waals surface area (Å²) in [7, 11) is 0. The summed E-state index contributed by atoms with van der Waals surface area (Å²) in [6, 6.07) is 14.2. The summed E-state index contributed by atoms with van der Waals surface area (Å²) in [6.45, 7) is 11.5. The maximum absolute atomic E-state index is 2.59. The number of hydrogen-bond acceptors (Lipinski definition) is 1. The van der Waals surface area contributed by atoms with Gasteiger partial charge in [0.2, 0.25) is 0 Å². The Morgan fingerprint density at radius 1 is 0.913 bits per heavy atom. The van der Waals surface area contributed by atoms with E-state index in [1.54, 1.807) is 5.56 Å². The van der Waals surface area contributed by atoms with Crippen LogP contribution in [-0.4, -0.2) is 6.04 Å². The number of aryl methyl sites for hydroxylation is 2. The van der Waals surface area contributed by atoms with Crippen LogP contribution < -0.4 is 4.90 Å². The Hall–Kier alpha value is -1.76. The number of nitrogens with zero attached hydrogens (tertiary/aromatic N) is 1. The van der Waals surface area contributed by atoms with Gasteiger partial charge in [-0.25, -0.2) is 0 Å². The third-order valence-corrected chi connectivity index (χ3v) is 5.05. The molecule has 2 aromatic carbocycles. The fourth-order valence-corrected chi connectivity index (χ4v) is 4.00. The molecule has 23 heavy (non-hydrogen) atoms. The summed E-state index contributed by atoms with van der Waals surface area (Å²) >= 11 is 0. The van der Waals surface area contributed by atoms with Crippen LogP contribution in [0.3, 0.4) is 0 Å². The van der Waals surface area contributed by atoms with Gasteiger partial charge in [0.25, 0.3) is 0 Å². The van der Waals surface area contributed by atoms with Crippen molar-refractivity contribution in [2.75, 3.05) is 4.90 Å². The number of hydrogen-bond donors (Lipinski definition) is 0. The molecule has 0 bridgehead atoms. The Kier molecular flexibility index (Phi) is 4.48. The number of anilines is 2. The SMILES string of the molecule is CCc1c(C(C)C)ccc2c1N(C(C)C)c1ccccc1CC2. The molecule has 3 rings (SSSR count). The number of fused-ring (bicyclic) bond motifs is 2. The molecule has 0 saturated heterocycles. The minimum atomic E-state index is 0.459. The third-order valence-electron chi connectivity index (χ3n) is 5.05. The van der Waals surface area contributed by atoms with Crippen LogP contribution in [0.4, 0.5) is 11.4 Å². The minimum absolute atomic E-state index is 0.459. The fraction of sp³-hybridized carbons (Fsp3) is 0.455. The number of para-hydroxylation sites is 1. The fourth-order valence-electron chi connectivity index (χ4n) is 4.00. The lowest BCUT2D eigenvalue weighted by atomic mass is 9.90. The molecule has 2 aromatic rings. The zero-order valence-corrected chi connectivity index (χ0v) is 15.2. The molecular weight excluding hydrogens is 278 g/mol. The Labute approximate surface area is 141 Å². The highest BCUT2D eigenvalue weighted by Crippen LogP contribution is 2.42. The van der Waals surface area contributed by atoms with E-state index in [4.69, 9.17) is 0 Å². The summed E-state index contributed by atoms with van der Waals surface area (Å²) in [5.41, 5.74) is 8.93. The van der Waals surface area contributed by atoms with E-state index in [1.807, 2.05) is 0 Å². The first-order valence-corrected chi connectivity index (χ1v) is 9.06. The van der Waals surface area contributed by atoms with Crippen LogP contribution in [0, 0.1) is 0 Å². The molecule has 0 unspecified atom stereocenters. The number of rotatable bonds is 3. The molecule has 1 nitrogen and oxygen atoms in total. The molecule has 0 spiro atoms. The molecular formula is C22H29N. The first-order chi connectivity index (χ1) is 11.0. The van der Waals surface area contributed by atoms with Gasteiger partial charge in [-0.15, -0.1) is 0 Å². The second-order valence-electron chi connectivity index (χ2n) is 7.24. The second-order valence-corrected chi connectivity index (χ2v) is 7.24. The molecule has 1 aliphatic rings. The molecule has 0 fully saturated rings. The maximum atomic E-state index is 2.59. The van der Waals surface area contributed by atoms with Gasteiger partial charge in [-0.05, 0) is 67.3 Å². The quantitative estimate of drug-likeness (QED) is 0.670. The van der Waals surface area contributed by atoms with E-state index >= 15 is 0 Å². The molecule has 0 radical (unpaired) electrons. The Morgan fingerprint density at radius 3 is 2.26 bits per heavy atom. The highest BCUT2D eigenvalue weighted by Gasteiger charge is 2.26. The first-order valence-electron chi connectivity index (χ1n) is 9.06. The van der Waals surface area contributed by atoms with Crippen molar-refractivity contribution in [1.29, 1.82) is 0 Å². The Morgan fingerprint density at radius 2 is 1.61 bits per heavy atom. The van der Waals surface area contributed by atoms with Crippen molar-refractivity contribution in [3.63, 3.8) is 0 Å². The van der Waals surface area contributed by atoms with Gasteiger partial charge in [0.1, 0.15) is 0 Å². The summed E-state index contributed by atoms with van der Waals surface area (Å²) in [6.07, 6.45) is 3.37. The van der Waals surface area contributed by atoms with Crippen LogP contribution in [0.15, 0.2) is 36.4 Å². The van der Waals surface area contributed by atoms with Crippen LogP contribution >= 0.6 is 0 Å². The van der Waals surface area contributed by atoms with E-state index in [-0.39, 0.29) is 0 Å². The minimum Gasteiger partial charge on any atom is -0.338 e. The summed E-state index contributed by atoms with van der Waals surface area (Å²) in [5, 5.41) is 0. The third kappa shape index (κ3) is 2.78. The molecule has 0 saturated carbocycles. The maximum Gasteiger partial charge on any atom is 0.0481 e. The van der Waals surface area contributed by atoms with Gasteiger partial charge in [0.05, 0.1) is 0 Å². The van der Waals surface area contributed by atoms with Gasteiger partial charge >= 0.3 is 0 Å². The van der Waals surface area contributed by atoms with Crippen LogP contribution in [0.25, 0.3) is 0 Å². The van der Waals surface area contributed by atoms with Gasteiger partial charge in [0.15, 0.2) is 0 Å². The standard InChI is InChI=1S/C22H29N/c1-6-19-20(15(2)3)14-13-18-12-11-17-9-7-8-10-21(17)23(16(4)5)22(18)19/h7-10,13-16H,6,11-12H2,1-5H3. The summed E-state index contributed by atoms with van der Waals surface area (Å²) in [4.78, 5) is 2.59. The van der Waals surface area contributed by atoms with E-state index in [0.29, 0.717) is 12.0 Å². The zero-order valence-electron chi connectivity index (χ0n) is 15.2. The molecule has 1 heterocycles. The van der Waals surface area contributed by atoms with Gasteiger partial charge in [0, 0.05) is 17.4 Å². The van der Waals surface area contributed by atoms with Gasteiger partial charge < -0.3 is 4.90 Å². The predicted molar refractivity (Wildman–Crippen MR) is 101 cm³/mol. The molecule has 0 N–H and O–H groups in total. The largest absolute Gasteiger partial charge is 0.338 e. The lowest BCUT2D eigenvalue weighted by molar-refractivity contribution is 0.773. The molecule has 122 valence electrons. The van der Waals surface area contributed by atoms with E-state index < -0.39 is 0 Å². The van der Waals surface area contributed by atoms with Crippen molar-refractivity contribution in [1.82, 2.24) is 0 Å². The van der Waals surface area contributed by atoms with E-state index in [9.17, 15) is 0 Å². The molecule has 1 aliphatic heterocycles. The van der Waals surface area contributed by atoms with Crippen molar-refractivity contribution in [3.8, 4) is 0 Å². The normalized spacial score (nSPS) is 14.0. The summed E-state index contributed by atoms with van der Waals surface area (Å²) < 4.78 is 0. The van der Waals surface area contributed by atoms with Crippen molar-refractivity contribution in [2.45, 2.75) is 65.8 Å². The van der Waals surface area contributed by atoms with Gasteiger partial charge in [-0.3, -0.25) is 0 Å². The van der Waals surface area contributed by atoms with E-state index in [0.717, 1.165) is 19.3 Å². The van der Waals surface area contributed by atoms with Crippen molar-refractivity contribution < 1.29 is 0 Å². The molecule has 1 heteroatoms. The second kappa shape index (κ2) is 6.39. The average Bonchev–Trinajstić information content (AvgIpc) is 2.70. The van der Waals surface area contributed by atoms with Gasteiger partial charge in [-0.2, -0.15) is 0 Å². The van der Waals surface area contributed by atoms with E-state index in [1.165, 1.54) is 28.1 Å². The predicted octanol–water partition coefficient (Wildman–Crippen LogP) is 6.02. The lowest BCUT2D eigenvalue weighted by Crippen LogP contribution is -2.28. The Balaban J connectivity index is 2.30. The highest BCUT2D eigenvalue weighted by atomic mass is 15.2. The highest BCUT2D eigenvalue weighted by molar-refractivity contribution is 5.75. The van der Waals surface area contributed by atoms with Crippen LogP contribution in [0.2, 0.25) is 0 Å². The monoisotopic (exact) mass is 307 g/mol. The Bertz CT molecular complexity index is 697. The molecule has 0 atom stereocenters. The number of benzene rings is 2. The van der Waals surface area contributed by atoms with Gasteiger partial charge in [-0.1, -0.05) is 51.1 Å². The van der Waals surface area contributed by atoms with Crippen molar-refractivity contribution in [2.24, 2.45) is 0 Å². The smallest absolute Gasteiger partial charge is 0.0481 e. The zero-order chi connectivity index (χ0) is 16.6. The molecule has 0 amide bonds. The molecule has 0 aliphatic carbocycles. The van der Waals surface area contributed by atoms with E-state index in [2.05, 4.69) is 75.9 Å². The average molecular weight is 307 g/mol. The molecule has 0 aromatic heterocycles. The van der Waals surface area contributed by atoms with Crippen LogP contribution in [0.5, 0.6) is 0 Å². The first kappa shape index (κ1) is 16.1. The topological polar surface area (TPSA) is 3.24 Å².